The average Bonchev–Trinajstić information content (AvgIpc) is 3.18. The Bertz CT molecular complexity index is 813. The van der Waals surface area contributed by atoms with Gasteiger partial charge in [0.2, 0.25) is 0 Å². The Morgan fingerprint density at radius 1 is 0.291 bits per heavy atom. The van der Waals surface area contributed by atoms with Gasteiger partial charge in [0.15, 0.2) is 6.10 Å². The summed E-state index contributed by atoms with van der Waals surface area (Å²) in [5, 5.41) is 0. The second-order valence-corrected chi connectivity index (χ2v) is 16.7. The summed E-state index contributed by atoms with van der Waals surface area (Å²) in [5.41, 5.74) is 0. The molecule has 55 heavy (non-hydrogen) atoms. The van der Waals surface area contributed by atoms with E-state index in [4.69, 9.17) is 14.2 Å². The van der Waals surface area contributed by atoms with Crippen molar-refractivity contribution < 1.29 is 28.6 Å². The first kappa shape index (κ1) is 53.4. The Morgan fingerprint density at radius 3 is 0.727 bits per heavy atom. The van der Waals surface area contributed by atoms with Gasteiger partial charge in [0.05, 0.1) is 0 Å². The minimum absolute atomic E-state index is 0.0635. The molecule has 0 saturated heterocycles. The van der Waals surface area contributed by atoms with Gasteiger partial charge in [0, 0.05) is 19.3 Å². The second-order valence-electron chi connectivity index (χ2n) is 16.7. The molecule has 0 aromatic carbocycles. The Balaban J connectivity index is 4.11. The highest BCUT2D eigenvalue weighted by Crippen LogP contribution is 2.16. The van der Waals surface area contributed by atoms with Crippen molar-refractivity contribution in [3.05, 3.63) is 0 Å². The van der Waals surface area contributed by atoms with Crippen LogP contribution in [0.1, 0.15) is 278 Å². The van der Waals surface area contributed by atoms with Crippen LogP contribution in [0.4, 0.5) is 0 Å². The third kappa shape index (κ3) is 43.4. The van der Waals surface area contributed by atoms with Crippen molar-refractivity contribution in [2.75, 3.05) is 13.2 Å². The van der Waals surface area contributed by atoms with E-state index >= 15 is 0 Å². The standard InChI is InChI=1S/C49H94O6/c1-4-7-10-13-15-17-19-21-22-23-24-25-26-28-30-32-34-37-40-43-49(52)55-46(44-53-47(50)41-38-35-12-9-6-3)45-54-48(51)42-39-36-33-31-29-27-20-18-16-14-11-8-5-2/h46H,4-45H2,1-3H3/t46-/m0/s1. The van der Waals surface area contributed by atoms with Crippen molar-refractivity contribution in [1.82, 2.24) is 0 Å². The molecule has 0 aromatic heterocycles. The molecule has 1 atom stereocenters. The first-order chi connectivity index (χ1) is 27.0. The van der Waals surface area contributed by atoms with Crippen molar-refractivity contribution in [2.24, 2.45) is 0 Å². The molecule has 0 saturated carbocycles. The first-order valence-electron chi connectivity index (χ1n) is 24.5. The zero-order valence-electron chi connectivity index (χ0n) is 37.2. The number of ether oxygens (including phenoxy) is 3. The normalized spacial score (nSPS) is 11.8. The maximum atomic E-state index is 12.7. The molecule has 0 aliphatic heterocycles. The fourth-order valence-electron chi connectivity index (χ4n) is 7.38. The monoisotopic (exact) mass is 779 g/mol. The summed E-state index contributed by atoms with van der Waals surface area (Å²) >= 11 is 0. The van der Waals surface area contributed by atoms with Crippen LogP contribution in [0.2, 0.25) is 0 Å². The van der Waals surface area contributed by atoms with Crippen LogP contribution >= 0.6 is 0 Å². The van der Waals surface area contributed by atoms with Gasteiger partial charge < -0.3 is 14.2 Å². The summed E-state index contributed by atoms with van der Waals surface area (Å²) < 4.78 is 16.6. The molecule has 0 aromatic rings. The highest BCUT2D eigenvalue weighted by Gasteiger charge is 2.19. The van der Waals surface area contributed by atoms with Crippen LogP contribution in [0.3, 0.4) is 0 Å². The van der Waals surface area contributed by atoms with E-state index in [0.717, 1.165) is 64.2 Å². The van der Waals surface area contributed by atoms with E-state index in [-0.39, 0.29) is 31.1 Å². The Kier molecular flexibility index (Phi) is 43.8. The lowest BCUT2D eigenvalue weighted by Gasteiger charge is -2.18. The quantitative estimate of drug-likeness (QED) is 0.0348. The van der Waals surface area contributed by atoms with Gasteiger partial charge >= 0.3 is 17.9 Å². The minimum Gasteiger partial charge on any atom is -0.462 e. The van der Waals surface area contributed by atoms with Crippen molar-refractivity contribution in [1.29, 1.82) is 0 Å². The van der Waals surface area contributed by atoms with Crippen LogP contribution in [0.5, 0.6) is 0 Å². The van der Waals surface area contributed by atoms with Gasteiger partial charge in [-0.05, 0) is 19.3 Å². The first-order valence-corrected chi connectivity index (χ1v) is 24.5. The van der Waals surface area contributed by atoms with Gasteiger partial charge in [-0.25, -0.2) is 0 Å². The average molecular weight is 779 g/mol. The lowest BCUT2D eigenvalue weighted by molar-refractivity contribution is -0.167. The number of unbranched alkanes of at least 4 members (excludes halogenated alkanes) is 34. The Labute approximate surface area is 342 Å². The fraction of sp³-hybridized carbons (Fsp3) is 0.939. The third-order valence-corrected chi connectivity index (χ3v) is 11.1. The molecule has 0 amide bonds. The number of hydrogen-bond donors (Lipinski definition) is 0. The largest absolute Gasteiger partial charge is 0.462 e. The van der Waals surface area contributed by atoms with Gasteiger partial charge in [-0.15, -0.1) is 0 Å². The van der Waals surface area contributed by atoms with E-state index in [1.807, 2.05) is 0 Å². The number of carbonyl (C=O) groups excluding carboxylic acids is 3. The molecule has 326 valence electrons. The van der Waals surface area contributed by atoms with Crippen LogP contribution in [-0.4, -0.2) is 37.2 Å². The van der Waals surface area contributed by atoms with Crippen molar-refractivity contribution in [3.8, 4) is 0 Å². The summed E-state index contributed by atoms with van der Waals surface area (Å²) in [4.78, 5) is 37.5. The maximum absolute atomic E-state index is 12.7. The van der Waals surface area contributed by atoms with Gasteiger partial charge in [-0.1, -0.05) is 239 Å². The van der Waals surface area contributed by atoms with Crippen LogP contribution < -0.4 is 0 Å². The van der Waals surface area contributed by atoms with Crippen LogP contribution in [0.15, 0.2) is 0 Å². The van der Waals surface area contributed by atoms with Crippen molar-refractivity contribution >= 4 is 17.9 Å². The molecule has 0 fully saturated rings. The molecule has 0 spiro atoms. The van der Waals surface area contributed by atoms with Crippen LogP contribution in [0, 0.1) is 0 Å². The van der Waals surface area contributed by atoms with Gasteiger partial charge in [-0.3, -0.25) is 14.4 Å². The number of rotatable bonds is 45. The Hall–Kier alpha value is -1.59. The smallest absolute Gasteiger partial charge is 0.306 e. The molecule has 0 unspecified atom stereocenters. The van der Waals surface area contributed by atoms with E-state index in [0.29, 0.717) is 19.3 Å². The second kappa shape index (κ2) is 45.1. The summed E-state index contributed by atoms with van der Waals surface area (Å²) in [6, 6.07) is 0. The maximum Gasteiger partial charge on any atom is 0.306 e. The molecule has 0 radical (unpaired) electrons. The number of carbonyl (C=O) groups is 3. The lowest BCUT2D eigenvalue weighted by atomic mass is 10.0. The van der Waals surface area contributed by atoms with E-state index in [2.05, 4.69) is 20.8 Å². The summed E-state index contributed by atoms with van der Waals surface area (Å²) in [5.74, 6) is -0.861. The van der Waals surface area contributed by atoms with E-state index in [1.165, 1.54) is 173 Å². The van der Waals surface area contributed by atoms with E-state index < -0.39 is 6.10 Å². The summed E-state index contributed by atoms with van der Waals surface area (Å²) in [6.45, 7) is 6.59. The predicted octanol–water partition coefficient (Wildman–Crippen LogP) is 15.6. The van der Waals surface area contributed by atoms with Crippen molar-refractivity contribution in [2.45, 2.75) is 284 Å². The van der Waals surface area contributed by atoms with Crippen molar-refractivity contribution in [3.63, 3.8) is 0 Å². The molecule has 0 bridgehead atoms. The topological polar surface area (TPSA) is 78.9 Å². The predicted molar refractivity (Wildman–Crippen MR) is 233 cm³/mol. The lowest BCUT2D eigenvalue weighted by Crippen LogP contribution is -2.30. The highest BCUT2D eigenvalue weighted by atomic mass is 16.6. The highest BCUT2D eigenvalue weighted by molar-refractivity contribution is 5.71. The molecule has 0 N–H and O–H groups in total. The number of esters is 3. The van der Waals surface area contributed by atoms with Gasteiger partial charge in [0.25, 0.3) is 0 Å². The zero-order chi connectivity index (χ0) is 40.1. The minimum atomic E-state index is -0.757. The molecule has 0 heterocycles. The van der Waals surface area contributed by atoms with Gasteiger partial charge in [0.1, 0.15) is 13.2 Å². The molecule has 6 heteroatoms. The summed E-state index contributed by atoms with van der Waals surface area (Å²) in [6.07, 6.45) is 46.9. The number of hydrogen-bond acceptors (Lipinski definition) is 6. The SMILES string of the molecule is CCCCCCCCCCCCCCCCCCCCCC(=O)O[C@@H](COC(=O)CCCCCCC)COC(=O)CCCCCCCCCCCCCCC. The molecule has 6 nitrogen and oxygen atoms in total. The zero-order valence-corrected chi connectivity index (χ0v) is 37.2. The van der Waals surface area contributed by atoms with Crippen LogP contribution in [0.25, 0.3) is 0 Å². The molecular weight excluding hydrogens is 685 g/mol. The fourth-order valence-corrected chi connectivity index (χ4v) is 7.38. The molecule has 0 aliphatic rings. The van der Waals surface area contributed by atoms with Crippen LogP contribution in [-0.2, 0) is 28.6 Å². The van der Waals surface area contributed by atoms with Gasteiger partial charge in [-0.2, -0.15) is 0 Å². The molecule has 0 aliphatic carbocycles. The van der Waals surface area contributed by atoms with E-state index in [9.17, 15) is 14.4 Å². The van der Waals surface area contributed by atoms with E-state index in [1.54, 1.807) is 0 Å². The molecular formula is C49H94O6. The molecule has 0 rings (SSSR count). The third-order valence-electron chi connectivity index (χ3n) is 11.1. The summed E-state index contributed by atoms with van der Waals surface area (Å²) in [7, 11) is 0. The Morgan fingerprint density at radius 2 is 0.491 bits per heavy atom.